The van der Waals surface area contributed by atoms with E-state index in [4.69, 9.17) is 19.9 Å². The molecule has 21 heavy (non-hydrogen) atoms. The van der Waals surface area contributed by atoms with Gasteiger partial charge in [0.2, 0.25) is 0 Å². The van der Waals surface area contributed by atoms with E-state index in [1.807, 2.05) is 0 Å². The summed E-state index contributed by atoms with van der Waals surface area (Å²) in [5, 5.41) is 0. The van der Waals surface area contributed by atoms with E-state index < -0.39 is 0 Å². The first-order valence-corrected chi connectivity index (χ1v) is 8.43. The molecule has 2 atom stereocenters. The summed E-state index contributed by atoms with van der Waals surface area (Å²) in [6.07, 6.45) is 3.45. The number of hydrogen-bond donors (Lipinski definition) is 1. The van der Waals surface area contributed by atoms with E-state index in [1.54, 1.807) is 0 Å². The Bertz CT molecular complexity index is 232. The summed E-state index contributed by atoms with van der Waals surface area (Å²) < 4.78 is 16.5. The van der Waals surface area contributed by atoms with E-state index >= 15 is 0 Å². The van der Waals surface area contributed by atoms with E-state index in [0.29, 0.717) is 38.4 Å². The van der Waals surface area contributed by atoms with Crippen molar-refractivity contribution >= 4 is 0 Å². The highest BCUT2D eigenvalue weighted by Crippen LogP contribution is 2.14. The number of likely N-dealkylation sites (tertiary alicyclic amines) is 1. The van der Waals surface area contributed by atoms with Gasteiger partial charge in [0, 0.05) is 32.3 Å². The van der Waals surface area contributed by atoms with Gasteiger partial charge in [0.05, 0.1) is 33.0 Å². The van der Waals surface area contributed by atoms with Crippen LogP contribution in [0.15, 0.2) is 0 Å². The number of rotatable bonds is 12. The second-order valence-corrected chi connectivity index (χ2v) is 6.05. The molecule has 1 rings (SSSR count). The van der Waals surface area contributed by atoms with Crippen LogP contribution in [0, 0.1) is 5.92 Å². The molecule has 0 radical (unpaired) electrons. The quantitative estimate of drug-likeness (QED) is 0.554. The maximum absolute atomic E-state index is 6.03. The molecule has 0 spiro atoms. The van der Waals surface area contributed by atoms with E-state index in [1.165, 1.54) is 6.42 Å². The summed E-state index contributed by atoms with van der Waals surface area (Å²) in [5.74, 6) is 0.699. The molecule has 0 aromatic carbocycles. The van der Waals surface area contributed by atoms with E-state index in [0.717, 1.165) is 45.7 Å². The van der Waals surface area contributed by atoms with Crippen LogP contribution >= 0.6 is 0 Å². The molecule has 1 fully saturated rings. The maximum atomic E-state index is 6.03. The van der Waals surface area contributed by atoms with Crippen molar-refractivity contribution in [1.29, 1.82) is 0 Å². The third-order valence-corrected chi connectivity index (χ3v) is 3.71. The predicted molar refractivity (Wildman–Crippen MR) is 85.6 cm³/mol. The minimum absolute atomic E-state index is 0.324. The fraction of sp³-hybridized carbons (Fsp3) is 1.00. The van der Waals surface area contributed by atoms with Crippen LogP contribution in [0.5, 0.6) is 0 Å². The molecule has 1 aliphatic rings. The lowest BCUT2D eigenvalue weighted by molar-refractivity contribution is 0.00785. The summed E-state index contributed by atoms with van der Waals surface area (Å²) in [6, 6.07) is 0.324. The fourth-order valence-corrected chi connectivity index (χ4v) is 2.68. The summed E-state index contributed by atoms with van der Waals surface area (Å²) in [4.78, 5) is 2.40. The van der Waals surface area contributed by atoms with Crippen molar-refractivity contribution < 1.29 is 14.2 Å². The van der Waals surface area contributed by atoms with Crippen molar-refractivity contribution in [1.82, 2.24) is 4.90 Å². The van der Waals surface area contributed by atoms with Gasteiger partial charge in [-0.15, -0.1) is 0 Å². The molecule has 2 unspecified atom stereocenters. The van der Waals surface area contributed by atoms with Crippen molar-refractivity contribution in [2.75, 3.05) is 59.3 Å². The van der Waals surface area contributed by atoms with E-state index in [-0.39, 0.29) is 0 Å². The first-order chi connectivity index (χ1) is 10.2. The standard InChI is InChI=1S/C16H34N2O3/c1-3-4-6-19-8-10-21-11-9-20-7-5-18-13-15(2)12-16(17)14-18/h15-16H,3-14,17H2,1-2H3. The Kier molecular flexibility index (Phi) is 11.1. The Morgan fingerprint density at radius 1 is 0.952 bits per heavy atom. The number of unbranched alkanes of at least 4 members (excludes halogenated alkanes) is 1. The Morgan fingerprint density at radius 3 is 2.19 bits per heavy atom. The summed E-state index contributed by atoms with van der Waals surface area (Å²) in [5.41, 5.74) is 6.03. The molecule has 0 aromatic heterocycles. The number of nitrogens with zero attached hydrogens (tertiary/aromatic N) is 1. The molecule has 2 N–H and O–H groups in total. The lowest BCUT2D eigenvalue weighted by Crippen LogP contribution is -2.47. The summed E-state index contributed by atoms with van der Waals surface area (Å²) >= 11 is 0. The lowest BCUT2D eigenvalue weighted by Gasteiger charge is -2.34. The van der Waals surface area contributed by atoms with Crippen molar-refractivity contribution in [3.8, 4) is 0 Å². The van der Waals surface area contributed by atoms with E-state index in [9.17, 15) is 0 Å². The van der Waals surface area contributed by atoms with Crippen LogP contribution in [0.25, 0.3) is 0 Å². The molecule has 5 nitrogen and oxygen atoms in total. The van der Waals surface area contributed by atoms with Gasteiger partial charge >= 0.3 is 0 Å². The van der Waals surface area contributed by atoms with Crippen LogP contribution in [0.4, 0.5) is 0 Å². The lowest BCUT2D eigenvalue weighted by atomic mass is 9.97. The minimum Gasteiger partial charge on any atom is -0.379 e. The number of piperidine rings is 1. The second-order valence-electron chi connectivity index (χ2n) is 6.05. The number of ether oxygens (including phenoxy) is 3. The fourth-order valence-electron chi connectivity index (χ4n) is 2.68. The molecule has 0 aliphatic carbocycles. The zero-order valence-corrected chi connectivity index (χ0v) is 13.9. The Morgan fingerprint density at radius 2 is 1.57 bits per heavy atom. The Hall–Kier alpha value is -0.200. The van der Waals surface area contributed by atoms with Gasteiger partial charge in [-0.05, 0) is 18.8 Å². The van der Waals surface area contributed by atoms with Crippen LogP contribution in [-0.4, -0.2) is 70.2 Å². The first kappa shape index (κ1) is 18.8. The van der Waals surface area contributed by atoms with Gasteiger partial charge in [0.15, 0.2) is 0 Å². The van der Waals surface area contributed by atoms with Crippen molar-refractivity contribution in [2.24, 2.45) is 11.7 Å². The topological polar surface area (TPSA) is 57.0 Å². The minimum atomic E-state index is 0.324. The normalized spacial score (nSPS) is 23.6. The second kappa shape index (κ2) is 12.4. The van der Waals surface area contributed by atoms with Crippen LogP contribution in [0.3, 0.4) is 0 Å². The van der Waals surface area contributed by atoms with Gasteiger partial charge in [-0.1, -0.05) is 20.3 Å². The molecule has 126 valence electrons. The number of nitrogens with two attached hydrogens (primary N) is 1. The molecule has 1 heterocycles. The van der Waals surface area contributed by atoms with Crippen molar-refractivity contribution in [3.63, 3.8) is 0 Å². The van der Waals surface area contributed by atoms with Crippen LogP contribution in [0.1, 0.15) is 33.1 Å². The first-order valence-electron chi connectivity index (χ1n) is 8.43. The number of hydrogen-bond acceptors (Lipinski definition) is 5. The van der Waals surface area contributed by atoms with Gasteiger partial charge in [-0.3, -0.25) is 4.90 Å². The molecule has 1 saturated heterocycles. The van der Waals surface area contributed by atoms with E-state index in [2.05, 4.69) is 18.7 Å². The highest BCUT2D eigenvalue weighted by atomic mass is 16.5. The zero-order chi connectivity index (χ0) is 15.3. The van der Waals surface area contributed by atoms with Gasteiger partial charge in [0.1, 0.15) is 0 Å². The summed E-state index contributed by atoms with van der Waals surface area (Å²) in [6.45, 7) is 11.8. The third kappa shape index (κ3) is 10.2. The average molecular weight is 302 g/mol. The summed E-state index contributed by atoms with van der Waals surface area (Å²) in [7, 11) is 0. The molecule has 0 amide bonds. The molecular weight excluding hydrogens is 268 g/mol. The molecule has 5 heteroatoms. The average Bonchev–Trinajstić information content (AvgIpc) is 2.44. The Balaban J connectivity index is 1.82. The SMILES string of the molecule is CCCCOCCOCCOCCN1CC(C)CC(N)C1. The Labute approximate surface area is 130 Å². The third-order valence-electron chi connectivity index (χ3n) is 3.71. The molecule has 0 bridgehead atoms. The van der Waals surface area contributed by atoms with Gasteiger partial charge in [-0.25, -0.2) is 0 Å². The van der Waals surface area contributed by atoms with Gasteiger partial charge in [-0.2, -0.15) is 0 Å². The molecular formula is C16H34N2O3. The molecule has 0 saturated carbocycles. The highest BCUT2D eigenvalue weighted by Gasteiger charge is 2.21. The van der Waals surface area contributed by atoms with Crippen molar-refractivity contribution in [3.05, 3.63) is 0 Å². The monoisotopic (exact) mass is 302 g/mol. The van der Waals surface area contributed by atoms with Gasteiger partial charge < -0.3 is 19.9 Å². The zero-order valence-electron chi connectivity index (χ0n) is 13.9. The predicted octanol–water partition coefficient (Wildman–Crippen LogP) is 1.51. The van der Waals surface area contributed by atoms with Crippen LogP contribution in [0.2, 0.25) is 0 Å². The smallest absolute Gasteiger partial charge is 0.0701 e. The molecule has 1 aliphatic heterocycles. The van der Waals surface area contributed by atoms with Crippen molar-refractivity contribution in [2.45, 2.75) is 39.2 Å². The van der Waals surface area contributed by atoms with Crippen LogP contribution in [-0.2, 0) is 14.2 Å². The largest absolute Gasteiger partial charge is 0.379 e. The maximum Gasteiger partial charge on any atom is 0.0701 e. The van der Waals surface area contributed by atoms with Gasteiger partial charge in [0.25, 0.3) is 0 Å². The highest BCUT2D eigenvalue weighted by molar-refractivity contribution is 4.78. The van der Waals surface area contributed by atoms with Crippen LogP contribution < -0.4 is 5.73 Å². The molecule has 0 aromatic rings.